The van der Waals surface area contributed by atoms with Gasteiger partial charge >= 0.3 is 0 Å². The lowest BCUT2D eigenvalue weighted by Gasteiger charge is -2.05. The fraction of sp³-hybridized carbons (Fsp3) is 0.333. The van der Waals surface area contributed by atoms with Crippen molar-refractivity contribution in [3.8, 4) is 11.4 Å². The Labute approximate surface area is 105 Å². The van der Waals surface area contributed by atoms with Crippen molar-refractivity contribution in [1.82, 2.24) is 20.3 Å². The molecule has 1 heterocycles. The van der Waals surface area contributed by atoms with Gasteiger partial charge in [-0.3, -0.25) is 0 Å². The van der Waals surface area contributed by atoms with Crippen LogP contribution < -0.4 is 10.1 Å². The molecule has 1 aromatic carbocycles. The molecule has 0 aliphatic heterocycles. The first kappa shape index (κ1) is 12.5. The van der Waals surface area contributed by atoms with E-state index in [0.717, 1.165) is 12.2 Å². The van der Waals surface area contributed by atoms with Crippen LogP contribution in [0.3, 0.4) is 0 Å². The number of halogens is 1. The maximum Gasteiger partial charge on any atom is 0.149 e. The maximum atomic E-state index is 13.7. The van der Waals surface area contributed by atoms with Gasteiger partial charge in [-0.05, 0) is 18.7 Å². The van der Waals surface area contributed by atoms with Gasteiger partial charge in [-0.1, -0.05) is 12.1 Å². The Bertz CT molecular complexity index is 527. The molecule has 2 rings (SSSR count). The first-order valence-corrected chi connectivity index (χ1v) is 5.70. The van der Waals surface area contributed by atoms with Crippen LogP contribution in [0.25, 0.3) is 5.69 Å². The molecule has 96 valence electrons. The van der Waals surface area contributed by atoms with Gasteiger partial charge in [0.2, 0.25) is 0 Å². The van der Waals surface area contributed by atoms with Gasteiger partial charge in [0.15, 0.2) is 0 Å². The monoisotopic (exact) mass is 250 g/mol. The second kappa shape index (κ2) is 5.59. The van der Waals surface area contributed by atoms with Gasteiger partial charge in [0.25, 0.3) is 0 Å². The van der Waals surface area contributed by atoms with Crippen molar-refractivity contribution in [2.24, 2.45) is 0 Å². The number of hydrogen-bond acceptors (Lipinski definition) is 4. The summed E-state index contributed by atoms with van der Waals surface area (Å²) in [6.07, 6.45) is 1.69. The van der Waals surface area contributed by atoms with Crippen molar-refractivity contribution in [2.75, 3.05) is 13.7 Å². The van der Waals surface area contributed by atoms with E-state index in [9.17, 15) is 4.39 Å². The molecule has 0 bridgehead atoms. The highest BCUT2D eigenvalue weighted by Gasteiger charge is 2.09. The quantitative estimate of drug-likeness (QED) is 0.874. The highest BCUT2D eigenvalue weighted by molar-refractivity contribution is 5.40. The summed E-state index contributed by atoms with van der Waals surface area (Å²) in [5.74, 6) is 0.214. The normalized spacial score (nSPS) is 10.6. The number of nitrogens with zero attached hydrogens (tertiary/aromatic N) is 3. The zero-order chi connectivity index (χ0) is 13.0. The van der Waals surface area contributed by atoms with E-state index in [1.54, 1.807) is 18.3 Å². The van der Waals surface area contributed by atoms with Gasteiger partial charge in [0.1, 0.15) is 17.3 Å². The van der Waals surface area contributed by atoms with Crippen molar-refractivity contribution < 1.29 is 9.13 Å². The van der Waals surface area contributed by atoms with E-state index in [0.29, 0.717) is 18.0 Å². The van der Waals surface area contributed by atoms with Gasteiger partial charge < -0.3 is 10.1 Å². The van der Waals surface area contributed by atoms with Crippen LogP contribution in [0.15, 0.2) is 24.4 Å². The predicted molar refractivity (Wildman–Crippen MR) is 65.2 cm³/mol. The van der Waals surface area contributed by atoms with Crippen LogP contribution in [0.1, 0.15) is 12.6 Å². The fourth-order valence-corrected chi connectivity index (χ4v) is 1.55. The number of rotatable bonds is 5. The third-order valence-electron chi connectivity index (χ3n) is 2.50. The number of benzene rings is 1. The van der Waals surface area contributed by atoms with Gasteiger partial charge in [-0.2, -0.15) is 0 Å². The van der Waals surface area contributed by atoms with Crippen molar-refractivity contribution in [2.45, 2.75) is 13.5 Å². The molecule has 0 amide bonds. The summed E-state index contributed by atoms with van der Waals surface area (Å²) in [6.45, 7) is 3.47. The van der Waals surface area contributed by atoms with Crippen LogP contribution in [0.5, 0.6) is 5.75 Å². The van der Waals surface area contributed by atoms with E-state index in [1.807, 2.05) is 6.92 Å². The summed E-state index contributed by atoms with van der Waals surface area (Å²) in [7, 11) is 1.54. The Hall–Kier alpha value is -1.95. The van der Waals surface area contributed by atoms with E-state index in [4.69, 9.17) is 4.74 Å². The number of hydrogen-bond donors (Lipinski definition) is 1. The summed E-state index contributed by atoms with van der Waals surface area (Å²) in [4.78, 5) is 0. The molecule has 0 radical (unpaired) electrons. The zero-order valence-electron chi connectivity index (χ0n) is 10.4. The molecule has 5 nitrogen and oxygen atoms in total. The molecule has 0 saturated heterocycles. The van der Waals surface area contributed by atoms with E-state index >= 15 is 0 Å². The second-order valence-corrected chi connectivity index (χ2v) is 3.75. The standard InChI is InChI=1S/C12H15FN4O/c1-3-14-7-9-8-17(16-15-9)12-6-10(18-2)4-5-11(12)13/h4-6,8,14H,3,7H2,1-2H3. The molecule has 6 heteroatoms. The molecule has 0 atom stereocenters. The van der Waals surface area contributed by atoms with Crippen molar-refractivity contribution in [1.29, 1.82) is 0 Å². The average molecular weight is 250 g/mol. The van der Waals surface area contributed by atoms with Crippen LogP contribution >= 0.6 is 0 Å². The maximum absolute atomic E-state index is 13.7. The Kier molecular flexibility index (Phi) is 3.88. The zero-order valence-corrected chi connectivity index (χ0v) is 10.4. The first-order valence-electron chi connectivity index (χ1n) is 5.70. The smallest absolute Gasteiger partial charge is 0.149 e. The molecule has 2 aromatic rings. The SMILES string of the molecule is CCNCc1cn(-c2cc(OC)ccc2F)nn1. The summed E-state index contributed by atoms with van der Waals surface area (Å²) >= 11 is 0. The topological polar surface area (TPSA) is 52.0 Å². The highest BCUT2D eigenvalue weighted by atomic mass is 19.1. The molecule has 0 spiro atoms. The summed E-state index contributed by atoms with van der Waals surface area (Å²) < 4.78 is 20.2. The summed E-state index contributed by atoms with van der Waals surface area (Å²) in [5.41, 5.74) is 1.09. The minimum absolute atomic E-state index is 0.324. The number of methoxy groups -OCH3 is 1. The molecular formula is C12H15FN4O. The van der Waals surface area contributed by atoms with Crippen molar-refractivity contribution in [3.63, 3.8) is 0 Å². The molecule has 0 aliphatic rings. The predicted octanol–water partition coefficient (Wildman–Crippen LogP) is 1.52. The molecule has 0 unspecified atom stereocenters. The summed E-state index contributed by atoms with van der Waals surface area (Å²) in [6, 6.07) is 4.50. The van der Waals surface area contributed by atoms with Gasteiger partial charge in [-0.25, -0.2) is 9.07 Å². The molecule has 0 fully saturated rings. The Morgan fingerprint density at radius 1 is 1.44 bits per heavy atom. The van der Waals surface area contributed by atoms with Gasteiger partial charge in [-0.15, -0.1) is 5.10 Å². The minimum atomic E-state index is -0.365. The van der Waals surface area contributed by atoms with Crippen LogP contribution in [0.2, 0.25) is 0 Å². The molecule has 1 N–H and O–H groups in total. The molecule has 0 aliphatic carbocycles. The number of ether oxygens (including phenoxy) is 1. The lowest BCUT2D eigenvalue weighted by atomic mass is 10.3. The Morgan fingerprint density at radius 2 is 2.28 bits per heavy atom. The molecular weight excluding hydrogens is 235 g/mol. The average Bonchev–Trinajstić information content (AvgIpc) is 2.85. The van der Waals surface area contributed by atoms with Crippen LogP contribution in [-0.2, 0) is 6.54 Å². The van der Waals surface area contributed by atoms with E-state index in [-0.39, 0.29) is 5.82 Å². The van der Waals surface area contributed by atoms with E-state index in [2.05, 4.69) is 15.6 Å². The van der Waals surface area contributed by atoms with E-state index in [1.165, 1.54) is 17.9 Å². The fourth-order valence-electron chi connectivity index (χ4n) is 1.55. The molecule has 0 saturated carbocycles. The number of aromatic nitrogens is 3. The molecule has 18 heavy (non-hydrogen) atoms. The van der Waals surface area contributed by atoms with Crippen LogP contribution in [0.4, 0.5) is 4.39 Å². The number of nitrogens with one attached hydrogen (secondary N) is 1. The highest BCUT2D eigenvalue weighted by Crippen LogP contribution is 2.19. The lowest BCUT2D eigenvalue weighted by molar-refractivity contribution is 0.413. The summed E-state index contributed by atoms with van der Waals surface area (Å²) in [5, 5.41) is 11.0. The van der Waals surface area contributed by atoms with Crippen LogP contribution in [0, 0.1) is 5.82 Å². The first-order chi connectivity index (χ1) is 8.74. The van der Waals surface area contributed by atoms with Gasteiger partial charge in [0, 0.05) is 12.6 Å². The van der Waals surface area contributed by atoms with Gasteiger partial charge in [0.05, 0.1) is 19.0 Å². The van der Waals surface area contributed by atoms with Crippen molar-refractivity contribution in [3.05, 3.63) is 35.9 Å². The van der Waals surface area contributed by atoms with Crippen LogP contribution in [-0.4, -0.2) is 28.6 Å². The third kappa shape index (κ3) is 2.65. The van der Waals surface area contributed by atoms with E-state index < -0.39 is 0 Å². The Balaban J connectivity index is 2.27. The molecule has 1 aromatic heterocycles. The minimum Gasteiger partial charge on any atom is -0.497 e. The third-order valence-corrected chi connectivity index (χ3v) is 2.50. The Morgan fingerprint density at radius 3 is 3.00 bits per heavy atom. The second-order valence-electron chi connectivity index (χ2n) is 3.75. The largest absolute Gasteiger partial charge is 0.497 e. The lowest BCUT2D eigenvalue weighted by Crippen LogP contribution is -2.11. The van der Waals surface area contributed by atoms with Crippen molar-refractivity contribution >= 4 is 0 Å².